The fourth-order valence-corrected chi connectivity index (χ4v) is 15.7. The minimum atomic E-state index is -0.489. The molecule has 0 radical (unpaired) electrons. The molecule has 2 aliphatic heterocycles. The highest BCUT2D eigenvalue weighted by Crippen LogP contribution is 2.57. The van der Waals surface area contributed by atoms with Gasteiger partial charge < -0.3 is 75.8 Å². The molecule has 0 saturated carbocycles. The normalized spacial score (nSPS) is 24.1. The van der Waals surface area contributed by atoms with Crippen molar-refractivity contribution in [1.29, 1.82) is 0 Å². The summed E-state index contributed by atoms with van der Waals surface area (Å²) in [4.78, 5) is 0. The number of rotatable bonds is 31. The molecule has 2 aliphatic rings. The van der Waals surface area contributed by atoms with Gasteiger partial charge in [0.25, 0.3) is 0 Å². The number of hydrogen-bond acceptors (Lipinski definition) is 16. The third-order valence-corrected chi connectivity index (χ3v) is 20.6. The Bertz CT molecular complexity index is 2380. The zero-order chi connectivity index (χ0) is 92.6. The Hall–Kier alpha value is -0.640. The smallest absolute Gasteiger partial charge is 0.186 e. The Balaban J connectivity index is -0.00000138. The van der Waals surface area contributed by atoms with Crippen molar-refractivity contribution in [2.24, 2.45) is 78.3 Å². The molecule has 0 aromatic heterocycles. The maximum atomic E-state index is 6.47. The third-order valence-electron chi connectivity index (χ3n) is 20.6. The van der Waals surface area contributed by atoms with Crippen LogP contribution in [0.3, 0.4) is 0 Å². The highest BCUT2D eigenvalue weighted by molar-refractivity contribution is 5.02. The molecule has 0 N–H and O–H groups in total. The van der Waals surface area contributed by atoms with Crippen LogP contribution in [0.5, 0.6) is 0 Å². The lowest BCUT2D eigenvalue weighted by Gasteiger charge is -2.58. The van der Waals surface area contributed by atoms with Gasteiger partial charge in [0.15, 0.2) is 31.5 Å². The van der Waals surface area contributed by atoms with Crippen molar-refractivity contribution in [2.45, 2.75) is 524 Å². The molecule has 2 rings (SSSR count). The lowest BCUT2D eigenvalue weighted by Crippen LogP contribution is -2.64. The SMILES string of the molecule is CCC(CC(C)(C)C)OC(OC)C(CC(C)(C)C)C(C)(C)C.CCC(OC(CC(C)(C)C)OC)C(CC(C)(C)C)C(C)(C)C.CCC(OC(COC(C)(C)C)OC)C(COC(C)(C)C)OC(C)(C)C.CCC1OC(OC)C(C(C)(C)C)C(C(C)(C)C)C1C(C)(C)C.CCC1OC(OC)C(OC(C)(C)C)C(OC(C)(C)C)C1OC(C)(C)C. The van der Waals surface area contributed by atoms with Crippen LogP contribution in [0.1, 0.15) is 404 Å². The predicted molar refractivity (Wildman–Crippen MR) is 491 cm³/mol. The average Bonchev–Trinajstić information content (AvgIpc) is 0.737. The average molecular weight is 1660 g/mol. The molecule has 16 nitrogen and oxygen atoms in total. The second-order valence-electron chi connectivity index (χ2n) is 50.0. The van der Waals surface area contributed by atoms with Crippen molar-refractivity contribution >= 4 is 0 Å². The van der Waals surface area contributed by atoms with Crippen LogP contribution in [0.4, 0.5) is 0 Å². The highest BCUT2D eigenvalue weighted by Gasteiger charge is 2.57. The molecule has 19 unspecified atom stereocenters. The third kappa shape index (κ3) is 52.3. The van der Waals surface area contributed by atoms with E-state index < -0.39 is 12.6 Å². The van der Waals surface area contributed by atoms with Gasteiger partial charge in [0.05, 0.1) is 77.3 Å². The van der Waals surface area contributed by atoms with Gasteiger partial charge in [0.2, 0.25) is 0 Å². The van der Waals surface area contributed by atoms with E-state index in [2.05, 4.69) is 242 Å². The topological polar surface area (TPSA) is 148 Å². The largest absolute Gasteiger partial charge is 0.373 e. The minimum Gasteiger partial charge on any atom is -0.373 e. The number of methoxy groups -OCH3 is 5. The second-order valence-corrected chi connectivity index (χ2v) is 50.0. The van der Waals surface area contributed by atoms with E-state index >= 15 is 0 Å². The van der Waals surface area contributed by atoms with Crippen LogP contribution in [0.15, 0.2) is 0 Å². The van der Waals surface area contributed by atoms with E-state index in [-0.39, 0.29) is 151 Å². The monoisotopic (exact) mass is 1660 g/mol. The minimum absolute atomic E-state index is 0.104. The Morgan fingerprint density at radius 2 is 0.655 bits per heavy atom. The Morgan fingerprint density at radius 3 is 0.966 bits per heavy atom. The predicted octanol–water partition coefficient (Wildman–Crippen LogP) is 27.2. The molecule has 702 valence electrons. The van der Waals surface area contributed by atoms with Crippen LogP contribution in [0.25, 0.3) is 0 Å². The summed E-state index contributed by atoms with van der Waals surface area (Å²) in [7, 11) is 8.63. The van der Waals surface area contributed by atoms with Gasteiger partial charge in [-0.25, -0.2) is 0 Å². The second kappa shape index (κ2) is 48.9. The molecule has 116 heavy (non-hydrogen) atoms. The Kier molecular flexibility index (Phi) is 50.4. The first-order valence-corrected chi connectivity index (χ1v) is 45.4. The van der Waals surface area contributed by atoms with Crippen LogP contribution in [-0.4, -0.2) is 169 Å². The maximum Gasteiger partial charge on any atom is 0.186 e. The molecular weight excluding hydrogens is 1460 g/mol. The summed E-state index contributed by atoms with van der Waals surface area (Å²) in [6.07, 6.45) is 7.12. The van der Waals surface area contributed by atoms with Crippen LogP contribution in [0, 0.1) is 78.3 Å². The van der Waals surface area contributed by atoms with Crippen molar-refractivity contribution in [1.82, 2.24) is 0 Å². The van der Waals surface area contributed by atoms with Crippen molar-refractivity contribution in [3.05, 3.63) is 0 Å². The van der Waals surface area contributed by atoms with Gasteiger partial charge in [0.1, 0.15) is 24.4 Å². The van der Waals surface area contributed by atoms with Gasteiger partial charge in [-0.05, 0) is 242 Å². The summed E-state index contributed by atoms with van der Waals surface area (Å²) in [5, 5.41) is 0. The van der Waals surface area contributed by atoms with Gasteiger partial charge in [-0.3, -0.25) is 0 Å². The van der Waals surface area contributed by atoms with E-state index in [0.29, 0.717) is 48.2 Å². The molecule has 0 aromatic rings. The van der Waals surface area contributed by atoms with Crippen LogP contribution in [0.2, 0.25) is 0 Å². The van der Waals surface area contributed by atoms with Crippen molar-refractivity contribution < 1.29 is 75.8 Å². The first-order valence-electron chi connectivity index (χ1n) is 45.4. The number of ether oxygens (including phenoxy) is 16. The van der Waals surface area contributed by atoms with Gasteiger partial charge >= 0.3 is 0 Å². The summed E-state index contributed by atoms with van der Waals surface area (Å²) in [6.45, 7) is 111. The molecule has 19 atom stereocenters. The molecule has 2 fully saturated rings. The van der Waals surface area contributed by atoms with E-state index in [9.17, 15) is 0 Å². The van der Waals surface area contributed by atoms with Gasteiger partial charge in [-0.2, -0.15) is 0 Å². The van der Waals surface area contributed by atoms with Gasteiger partial charge in [-0.15, -0.1) is 0 Å². The zero-order valence-corrected chi connectivity index (χ0v) is 87.8. The van der Waals surface area contributed by atoms with Crippen LogP contribution in [-0.2, 0) is 75.8 Å². The quantitative estimate of drug-likeness (QED) is 0.0606. The van der Waals surface area contributed by atoms with Crippen molar-refractivity contribution in [3.63, 3.8) is 0 Å². The molecule has 16 heteroatoms. The van der Waals surface area contributed by atoms with Gasteiger partial charge in [0, 0.05) is 53.8 Å². The lowest BCUT2D eigenvalue weighted by molar-refractivity contribution is -0.343. The van der Waals surface area contributed by atoms with E-state index in [1.54, 1.807) is 35.5 Å². The van der Waals surface area contributed by atoms with E-state index in [4.69, 9.17) is 75.8 Å². The standard InChI is InChI=1S/C20H40O5.C20H42O5.C20H40O2.2C20H42O2/c1-12-13-14(23-18(2,3)4)15(24-19(5,6)7)16(17(21-11)22-13)25-20(8,9)10;1-12-15(24-17(21-11)14-23-19(5,6)7)16(25-20(8,9)10)13-22-18(2,3)4;1-12-13-14(18(2,3)4)15(19(5,6)7)16(20(8,9)10)17(21-11)22-13;1-12-16(22-17(21-11)14-19(5,6)7)15(20(8,9)10)13-18(2,3)4;1-12-15(13-18(2,3)4)22-17(21-11)16(20(8,9)10)14-19(5,6)7/h13-17H,12H2,1-11H3;15-17H,12-14H2,1-11H3;13-17H,12H2,1-11H3;2*15-17H,12-14H2,1-11H3. The fourth-order valence-electron chi connectivity index (χ4n) is 15.7. The van der Waals surface area contributed by atoms with E-state index in [1.165, 1.54) is 6.42 Å². The first kappa shape index (κ1) is 120. The Morgan fingerprint density at radius 1 is 0.293 bits per heavy atom. The summed E-state index contributed by atoms with van der Waals surface area (Å²) < 4.78 is 97.2. The van der Waals surface area contributed by atoms with E-state index in [1.807, 2.05) is 104 Å². The van der Waals surface area contributed by atoms with Crippen LogP contribution < -0.4 is 0 Å². The molecule has 2 saturated heterocycles. The molecule has 0 spiro atoms. The molecule has 0 bridgehead atoms. The maximum absolute atomic E-state index is 6.47. The molecule has 0 aliphatic carbocycles. The zero-order valence-electron chi connectivity index (χ0n) is 87.8. The Labute approximate surface area is 723 Å². The highest BCUT2D eigenvalue weighted by atomic mass is 16.7. The molecule has 2 heterocycles. The molecule has 0 amide bonds. The summed E-state index contributed by atoms with van der Waals surface area (Å²) in [6, 6.07) is 0. The van der Waals surface area contributed by atoms with Crippen LogP contribution >= 0.6 is 0 Å². The summed E-state index contributed by atoms with van der Waals surface area (Å²) >= 11 is 0. The lowest BCUT2D eigenvalue weighted by atomic mass is 9.52. The molecule has 0 aromatic carbocycles. The summed E-state index contributed by atoms with van der Waals surface area (Å²) in [5.41, 5.74) is 0.304. The fraction of sp³-hybridized carbons (Fsp3) is 1.00. The number of hydrogen-bond donors (Lipinski definition) is 0. The first-order chi connectivity index (χ1) is 51.5. The molecular formula is C100H206O16. The van der Waals surface area contributed by atoms with Crippen molar-refractivity contribution in [3.8, 4) is 0 Å². The summed E-state index contributed by atoms with van der Waals surface area (Å²) in [5.74, 6) is 2.40. The van der Waals surface area contributed by atoms with E-state index in [0.717, 1.165) is 51.4 Å². The van der Waals surface area contributed by atoms with Gasteiger partial charge in [-0.1, -0.05) is 222 Å². The van der Waals surface area contributed by atoms with Crippen molar-refractivity contribution in [2.75, 3.05) is 48.8 Å².